The van der Waals surface area contributed by atoms with Crippen LogP contribution in [0.3, 0.4) is 0 Å². The van der Waals surface area contributed by atoms with E-state index < -0.39 is 15.9 Å². The number of hydrogen-bond acceptors (Lipinski definition) is 8. The molecule has 3 aromatic rings. The quantitative estimate of drug-likeness (QED) is 0.461. The van der Waals surface area contributed by atoms with Crippen LogP contribution in [0.5, 0.6) is 11.5 Å². The molecule has 5 rings (SSSR count). The molecule has 2 unspecified atom stereocenters. The van der Waals surface area contributed by atoms with E-state index in [1.165, 1.54) is 31.4 Å². The molecule has 38 heavy (non-hydrogen) atoms. The van der Waals surface area contributed by atoms with E-state index in [4.69, 9.17) is 13.9 Å². The minimum atomic E-state index is -3.68. The first-order valence-corrected chi connectivity index (χ1v) is 13.9. The molecule has 1 aliphatic carbocycles. The summed E-state index contributed by atoms with van der Waals surface area (Å²) in [5.74, 6) is 0.739. The number of hydrogen-bond donors (Lipinski definition) is 1. The molecule has 2 bridgehead atoms. The second-order valence-electron chi connectivity index (χ2n) is 11.2. The molecule has 1 aromatic heterocycles. The molecule has 202 valence electrons. The van der Waals surface area contributed by atoms with Crippen LogP contribution in [0.2, 0.25) is 0 Å². The number of anilines is 1. The largest absolute Gasteiger partial charge is 0.497 e. The molecule has 1 aliphatic heterocycles. The molecule has 1 saturated carbocycles. The molecular formula is C27H32N4O6S. The number of methoxy groups -OCH3 is 2. The van der Waals surface area contributed by atoms with Gasteiger partial charge in [0.1, 0.15) is 11.5 Å². The number of sulfonamides is 1. The lowest BCUT2D eigenvalue weighted by Gasteiger charge is -2.39. The minimum absolute atomic E-state index is 0.00669. The fourth-order valence-corrected chi connectivity index (χ4v) is 7.90. The molecule has 0 radical (unpaired) electrons. The molecule has 11 heteroatoms. The Balaban J connectivity index is 1.30. The van der Waals surface area contributed by atoms with Gasteiger partial charge >= 0.3 is 6.01 Å². The summed E-state index contributed by atoms with van der Waals surface area (Å²) in [5.41, 5.74) is 0.897. The molecule has 0 spiro atoms. The zero-order valence-electron chi connectivity index (χ0n) is 22.1. The lowest BCUT2D eigenvalue weighted by Crippen LogP contribution is -2.37. The number of ether oxygens (including phenoxy) is 2. The number of amides is 1. The van der Waals surface area contributed by atoms with Crippen molar-refractivity contribution >= 4 is 21.9 Å². The fraction of sp³-hybridized carbons (Fsp3) is 0.444. The zero-order valence-corrected chi connectivity index (χ0v) is 23.0. The zero-order chi connectivity index (χ0) is 27.3. The van der Waals surface area contributed by atoms with Crippen LogP contribution in [0, 0.1) is 10.8 Å². The summed E-state index contributed by atoms with van der Waals surface area (Å²) in [5, 5.41) is 10.5. The number of fused-ring (bicyclic) bond motifs is 2. The molecule has 10 nitrogen and oxygen atoms in total. The van der Waals surface area contributed by atoms with Gasteiger partial charge in [0.25, 0.3) is 11.8 Å². The highest BCUT2D eigenvalue weighted by Gasteiger charge is 2.53. The lowest BCUT2D eigenvalue weighted by molar-refractivity contribution is 0.102. The smallest absolute Gasteiger partial charge is 0.322 e. The number of rotatable bonds is 7. The van der Waals surface area contributed by atoms with Gasteiger partial charge < -0.3 is 13.9 Å². The molecule has 1 N–H and O–H groups in total. The Bertz CT molecular complexity index is 1470. The second-order valence-corrected chi connectivity index (χ2v) is 13.1. The molecule has 2 heterocycles. The molecular weight excluding hydrogens is 508 g/mol. The number of aromatic nitrogens is 2. The average molecular weight is 541 g/mol. The Hall–Kier alpha value is -3.44. The van der Waals surface area contributed by atoms with Crippen molar-refractivity contribution in [1.29, 1.82) is 0 Å². The second kappa shape index (κ2) is 9.39. The standard InChI is InChI=1S/C27H32N4O6S/c1-26(2)13-18-14-27(3,15-26)16-31(18)38(33,34)20-9-6-17(7-10-20)23(32)28-25-30-29-24(37-25)21-11-8-19(35-4)12-22(21)36-5/h6-12,18H,13-16H2,1-5H3,(H,28,30,32). The first-order valence-electron chi connectivity index (χ1n) is 12.4. The number of benzene rings is 2. The summed E-state index contributed by atoms with van der Waals surface area (Å²) in [4.78, 5) is 13.0. The Morgan fingerprint density at radius 1 is 1.05 bits per heavy atom. The fourth-order valence-electron chi connectivity index (χ4n) is 6.13. The number of nitrogens with zero attached hydrogens (tertiary/aromatic N) is 3. The highest BCUT2D eigenvalue weighted by Crippen LogP contribution is 2.53. The van der Waals surface area contributed by atoms with E-state index in [0.717, 1.165) is 19.3 Å². The number of carbonyl (C=O) groups is 1. The molecule has 2 aromatic carbocycles. The molecule has 1 saturated heterocycles. The van der Waals surface area contributed by atoms with Crippen LogP contribution >= 0.6 is 0 Å². The van der Waals surface area contributed by atoms with Gasteiger partial charge in [-0.3, -0.25) is 10.1 Å². The van der Waals surface area contributed by atoms with Crippen LogP contribution in [0.25, 0.3) is 11.5 Å². The van der Waals surface area contributed by atoms with Crippen molar-refractivity contribution in [2.75, 3.05) is 26.1 Å². The normalized spacial score (nSPS) is 22.7. The summed E-state index contributed by atoms with van der Waals surface area (Å²) in [6.07, 6.45) is 2.73. The van der Waals surface area contributed by atoms with Crippen LogP contribution in [-0.2, 0) is 10.0 Å². The molecule has 2 fully saturated rings. The van der Waals surface area contributed by atoms with Gasteiger partial charge in [-0.2, -0.15) is 4.31 Å². The summed E-state index contributed by atoms with van der Waals surface area (Å²) in [6, 6.07) is 10.9. The van der Waals surface area contributed by atoms with Gasteiger partial charge in [-0.15, -0.1) is 5.10 Å². The van der Waals surface area contributed by atoms with Crippen molar-refractivity contribution in [2.24, 2.45) is 10.8 Å². The monoisotopic (exact) mass is 540 g/mol. The first kappa shape index (κ1) is 26.2. The van der Waals surface area contributed by atoms with E-state index in [1.54, 1.807) is 29.6 Å². The van der Waals surface area contributed by atoms with E-state index in [9.17, 15) is 13.2 Å². The van der Waals surface area contributed by atoms with Gasteiger partial charge in [0, 0.05) is 24.2 Å². The third-order valence-corrected chi connectivity index (χ3v) is 9.29. The van der Waals surface area contributed by atoms with E-state index in [2.05, 4.69) is 36.3 Å². The highest BCUT2D eigenvalue weighted by molar-refractivity contribution is 7.89. The Kier molecular flexibility index (Phi) is 6.47. The number of nitrogens with one attached hydrogen (secondary N) is 1. The van der Waals surface area contributed by atoms with E-state index in [0.29, 0.717) is 23.6 Å². The lowest BCUT2D eigenvalue weighted by atomic mass is 9.65. The van der Waals surface area contributed by atoms with Crippen molar-refractivity contribution < 1.29 is 27.1 Å². The van der Waals surface area contributed by atoms with Gasteiger partial charge in [0.2, 0.25) is 10.0 Å². The maximum atomic E-state index is 13.5. The van der Waals surface area contributed by atoms with Crippen LogP contribution in [-0.4, -0.2) is 55.6 Å². The maximum Gasteiger partial charge on any atom is 0.322 e. The van der Waals surface area contributed by atoms with Crippen molar-refractivity contribution in [3.63, 3.8) is 0 Å². The first-order chi connectivity index (χ1) is 17.9. The van der Waals surface area contributed by atoms with Crippen LogP contribution in [0.15, 0.2) is 51.8 Å². The van der Waals surface area contributed by atoms with E-state index >= 15 is 0 Å². The van der Waals surface area contributed by atoms with Gasteiger partial charge in [-0.1, -0.05) is 25.9 Å². The summed E-state index contributed by atoms with van der Waals surface area (Å²) in [6.45, 7) is 7.11. The van der Waals surface area contributed by atoms with Crippen molar-refractivity contribution in [1.82, 2.24) is 14.5 Å². The summed E-state index contributed by atoms with van der Waals surface area (Å²) < 4.78 is 44.9. The summed E-state index contributed by atoms with van der Waals surface area (Å²) >= 11 is 0. The summed E-state index contributed by atoms with van der Waals surface area (Å²) in [7, 11) is -0.619. The Labute approximate surface area is 222 Å². The highest BCUT2D eigenvalue weighted by atomic mass is 32.2. The van der Waals surface area contributed by atoms with E-state index in [-0.39, 0.29) is 39.2 Å². The third-order valence-electron chi connectivity index (χ3n) is 7.37. The van der Waals surface area contributed by atoms with Crippen molar-refractivity contribution in [3.05, 3.63) is 48.0 Å². The topological polar surface area (TPSA) is 124 Å². The van der Waals surface area contributed by atoms with Crippen LogP contribution < -0.4 is 14.8 Å². The van der Waals surface area contributed by atoms with Gasteiger partial charge in [-0.25, -0.2) is 8.42 Å². The molecule has 2 atom stereocenters. The van der Waals surface area contributed by atoms with E-state index in [1.807, 2.05) is 0 Å². The SMILES string of the molecule is COc1ccc(-c2nnc(NC(=O)c3ccc(S(=O)(=O)N4CC5(C)CC4CC(C)(C)C5)cc3)o2)c(OC)c1. The minimum Gasteiger partial charge on any atom is -0.497 e. The Morgan fingerprint density at radius 3 is 2.47 bits per heavy atom. The third kappa shape index (κ3) is 4.88. The Morgan fingerprint density at radius 2 is 1.79 bits per heavy atom. The number of carbonyl (C=O) groups excluding carboxylic acids is 1. The van der Waals surface area contributed by atoms with Crippen molar-refractivity contribution in [2.45, 2.75) is 51.0 Å². The van der Waals surface area contributed by atoms with Crippen molar-refractivity contribution in [3.8, 4) is 23.0 Å². The van der Waals surface area contributed by atoms with Gasteiger partial charge in [0.15, 0.2) is 0 Å². The van der Waals surface area contributed by atoms with Crippen LogP contribution in [0.1, 0.15) is 50.4 Å². The van der Waals surface area contributed by atoms with Crippen LogP contribution in [0.4, 0.5) is 6.01 Å². The molecule has 1 amide bonds. The predicted molar refractivity (Wildman–Crippen MR) is 141 cm³/mol. The average Bonchev–Trinajstić information content (AvgIpc) is 3.44. The van der Waals surface area contributed by atoms with Gasteiger partial charge in [0.05, 0.1) is 24.7 Å². The predicted octanol–water partition coefficient (Wildman–Crippen LogP) is 4.60. The van der Waals surface area contributed by atoms with Gasteiger partial charge in [-0.05, 0) is 66.5 Å². The molecule has 2 aliphatic rings. The maximum absolute atomic E-state index is 13.5.